The summed E-state index contributed by atoms with van der Waals surface area (Å²) in [6.45, 7) is 3.60. The fourth-order valence-corrected chi connectivity index (χ4v) is 1.90. The molecule has 6 heteroatoms. The van der Waals surface area contributed by atoms with Gasteiger partial charge in [-0.2, -0.15) is 5.10 Å². The van der Waals surface area contributed by atoms with Crippen molar-refractivity contribution in [2.45, 2.75) is 25.8 Å². The fraction of sp³-hybridized carbons (Fsp3) is 0.357. The van der Waals surface area contributed by atoms with Crippen molar-refractivity contribution < 1.29 is 9.18 Å². The number of halogens is 1. The monoisotopic (exact) mass is 276 g/mol. The lowest BCUT2D eigenvalue weighted by molar-refractivity contribution is -0.122. The van der Waals surface area contributed by atoms with Gasteiger partial charge in [-0.25, -0.2) is 4.39 Å². The van der Waals surface area contributed by atoms with Gasteiger partial charge in [-0.3, -0.25) is 14.5 Å². The number of rotatable bonds is 4. The Bertz CT molecular complexity index is 611. The number of nitrogens with zero attached hydrogens (tertiary/aromatic N) is 3. The highest BCUT2D eigenvalue weighted by Crippen LogP contribution is 2.17. The Morgan fingerprint density at radius 1 is 1.30 bits per heavy atom. The molecule has 106 valence electrons. The highest BCUT2D eigenvalue weighted by atomic mass is 19.1. The Morgan fingerprint density at radius 3 is 2.65 bits per heavy atom. The molecule has 0 bridgehead atoms. The molecule has 0 spiro atoms. The number of aryl methyl sites for hydroxylation is 1. The van der Waals surface area contributed by atoms with Crippen LogP contribution in [0.15, 0.2) is 30.9 Å². The Labute approximate surface area is 116 Å². The normalized spacial score (nSPS) is 13.8. The van der Waals surface area contributed by atoms with Crippen LogP contribution in [0.3, 0.4) is 0 Å². The molecule has 0 fully saturated rings. The van der Waals surface area contributed by atoms with Gasteiger partial charge in [0.05, 0.1) is 24.4 Å². The van der Waals surface area contributed by atoms with Crippen molar-refractivity contribution in [2.24, 2.45) is 7.05 Å². The molecule has 2 atom stereocenters. The van der Waals surface area contributed by atoms with Crippen molar-refractivity contribution >= 4 is 5.91 Å². The summed E-state index contributed by atoms with van der Waals surface area (Å²) in [6, 6.07) is 1.07. The van der Waals surface area contributed by atoms with Crippen LogP contribution in [-0.2, 0) is 11.8 Å². The largest absolute Gasteiger partial charge is 0.349 e. The summed E-state index contributed by atoms with van der Waals surface area (Å²) < 4.78 is 14.8. The third kappa shape index (κ3) is 3.20. The Kier molecular flexibility index (Phi) is 4.12. The molecule has 0 saturated heterocycles. The number of hydrogen-bond acceptors (Lipinski definition) is 3. The maximum absolute atomic E-state index is 13.1. The summed E-state index contributed by atoms with van der Waals surface area (Å²) in [7, 11) is 1.80. The van der Waals surface area contributed by atoms with Gasteiger partial charge in [0.25, 0.3) is 0 Å². The SMILES string of the molecule is CC(C(=O)N[C@@H](C)c1cncc(F)c1)c1cnn(C)c1. The molecule has 0 saturated carbocycles. The number of nitrogens with one attached hydrogen (secondary N) is 1. The molecule has 1 N–H and O–H groups in total. The number of carbonyl (C=O) groups excluding carboxylic acids is 1. The van der Waals surface area contributed by atoms with E-state index in [2.05, 4.69) is 15.4 Å². The van der Waals surface area contributed by atoms with E-state index in [-0.39, 0.29) is 17.9 Å². The molecule has 0 aliphatic heterocycles. The molecular weight excluding hydrogens is 259 g/mol. The lowest BCUT2D eigenvalue weighted by Gasteiger charge is -2.17. The number of hydrogen-bond donors (Lipinski definition) is 1. The Hall–Kier alpha value is -2.24. The van der Waals surface area contributed by atoms with Crippen molar-refractivity contribution in [1.82, 2.24) is 20.1 Å². The van der Waals surface area contributed by atoms with Gasteiger partial charge in [-0.1, -0.05) is 0 Å². The number of carbonyl (C=O) groups is 1. The first kappa shape index (κ1) is 14.2. The van der Waals surface area contributed by atoms with Gasteiger partial charge in [-0.15, -0.1) is 0 Å². The van der Waals surface area contributed by atoms with E-state index in [1.807, 2.05) is 6.92 Å². The van der Waals surface area contributed by atoms with E-state index >= 15 is 0 Å². The van der Waals surface area contributed by atoms with Crippen LogP contribution in [0.4, 0.5) is 4.39 Å². The molecule has 0 aliphatic rings. The molecular formula is C14H17FN4O. The molecule has 2 rings (SSSR count). The standard InChI is InChI=1S/C14H17FN4O/c1-9(12-6-17-19(3)8-12)14(20)18-10(2)11-4-13(15)7-16-5-11/h4-10H,1-3H3,(H,18,20)/t9?,10-/m0/s1. The molecule has 2 heterocycles. The van der Waals surface area contributed by atoms with E-state index in [9.17, 15) is 9.18 Å². The van der Waals surface area contributed by atoms with Crippen LogP contribution in [0.1, 0.15) is 36.9 Å². The number of aromatic nitrogens is 3. The quantitative estimate of drug-likeness (QED) is 0.928. The molecule has 1 unspecified atom stereocenters. The summed E-state index contributed by atoms with van der Waals surface area (Å²) in [6.07, 6.45) is 6.15. The fourth-order valence-electron chi connectivity index (χ4n) is 1.90. The van der Waals surface area contributed by atoms with Crippen LogP contribution in [0.25, 0.3) is 0 Å². The minimum Gasteiger partial charge on any atom is -0.349 e. The summed E-state index contributed by atoms with van der Waals surface area (Å²) >= 11 is 0. The smallest absolute Gasteiger partial charge is 0.227 e. The topological polar surface area (TPSA) is 59.8 Å². The van der Waals surface area contributed by atoms with Gasteiger partial charge in [-0.05, 0) is 25.5 Å². The van der Waals surface area contributed by atoms with Crippen molar-refractivity contribution in [2.75, 3.05) is 0 Å². The first-order valence-electron chi connectivity index (χ1n) is 6.36. The van der Waals surface area contributed by atoms with Crippen LogP contribution in [0.2, 0.25) is 0 Å². The van der Waals surface area contributed by atoms with E-state index in [0.717, 1.165) is 11.8 Å². The van der Waals surface area contributed by atoms with Crippen LogP contribution in [0.5, 0.6) is 0 Å². The lowest BCUT2D eigenvalue weighted by Crippen LogP contribution is -2.30. The van der Waals surface area contributed by atoms with Crippen LogP contribution >= 0.6 is 0 Å². The van der Waals surface area contributed by atoms with Gasteiger partial charge in [0, 0.05) is 25.0 Å². The summed E-state index contributed by atoms with van der Waals surface area (Å²) in [5.41, 5.74) is 1.48. The zero-order valence-corrected chi connectivity index (χ0v) is 11.7. The number of amides is 1. The second-order valence-electron chi connectivity index (χ2n) is 4.84. The van der Waals surface area contributed by atoms with Crippen molar-refractivity contribution in [3.63, 3.8) is 0 Å². The first-order chi connectivity index (χ1) is 9.47. The molecule has 2 aromatic heterocycles. The zero-order valence-electron chi connectivity index (χ0n) is 11.7. The lowest BCUT2D eigenvalue weighted by atomic mass is 10.0. The third-order valence-electron chi connectivity index (χ3n) is 3.20. The highest BCUT2D eigenvalue weighted by molar-refractivity contribution is 5.83. The van der Waals surface area contributed by atoms with Crippen molar-refractivity contribution in [3.8, 4) is 0 Å². The Morgan fingerprint density at radius 2 is 2.05 bits per heavy atom. The summed E-state index contributed by atoms with van der Waals surface area (Å²) in [5, 5.41) is 6.89. The van der Waals surface area contributed by atoms with Gasteiger partial charge >= 0.3 is 0 Å². The first-order valence-corrected chi connectivity index (χ1v) is 6.36. The summed E-state index contributed by atoms with van der Waals surface area (Å²) in [4.78, 5) is 15.9. The third-order valence-corrected chi connectivity index (χ3v) is 3.20. The predicted octanol–water partition coefficient (Wildman–Crippen LogP) is 1.94. The molecule has 2 aromatic rings. The van der Waals surface area contributed by atoms with Crippen molar-refractivity contribution in [3.05, 3.63) is 47.8 Å². The summed E-state index contributed by atoms with van der Waals surface area (Å²) in [5.74, 6) is -0.855. The second-order valence-corrected chi connectivity index (χ2v) is 4.84. The zero-order chi connectivity index (χ0) is 14.7. The predicted molar refractivity (Wildman–Crippen MR) is 72.4 cm³/mol. The van der Waals surface area contributed by atoms with Crippen LogP contribution in [-0.4, -0.2) is 20.7 Å². The molecule has 0 radical (unpaired) electrons. The average Bonchev–Trinajstić information content (AvgIpc) is 2.84. The molecule has 5 nitrogen and oxygen atoms in total. The van der Waals surface area contributed by atoms with Crippen LogP contribution in [0, 0.1) is 5.82 Å². The molecule has 0 aromatic carbocycles. The van der Waals surface area contributed by atoms with E-state index < -0.39 is 5.82 Å². The molecule has 1 amide bonds. The maximum Gasteiger partial charge on any atom is 0.227 e. The van der Waals surface area contributed by atoms with Gasteiger partial charge in [0.15, 0.2) is 0 Å². The van der Waals surface area contributed by atoms with Crippen molar-refractivity contribution in [1.29, 1.82) is 0 Å². The average molecular weight is 276 g/mol. The number of pyridine rings is 1. The minimum atomic E-state index is -0.413. The maximum atomic E-state index is 13.1. The van der Waals surface area contributed by atoms with E-state index in [1.54, 1.807) is 37.2 Å². The minimum absolute atomic E-state index is 0.130. The van der Waals surface area contributed by atoms with Crippen LogP contribution < -0.4 is 5.32 Å². The van der Waals surface area contributed by atoms with E-state index in [4.69, 9.17) is 0 Å². The second kappa shape index (κ2) is 5.81. The van der Waals surface area contributed by atoms with Gasteiger partial charge in [0.2, 0.25) is 5.91 Å². The Balaban J connectivity index is 2.04. The van der Waals surface area contributed by atoms with E-state index in [0.29, 0.717) is 5.56 Å². The van der Waals surface area contributed by atoms with Gasteiger partial charge < -0.3 is 5.32 Å². The molecule has 20 heavy (non-hydrogen) atoms. The van der Waals surface area contributed by atoms with E-state index in [1.165, 1.54) is 6.07 Å². The molecule has 0 aliphatic carbocycles. The highest BCUT2D eigenvalue weighted by Gasteiger charge is 2.19. The van der Waals surface area contributed by atoms with Gasteiger partial charge in [0.1, 0.15) is 5.82 Å².